The average molecular weight is 230 g/mol. The predicted octanol–water partition coefficient (Wildman–Crippen LogP) is 1.85. The van der Waals surface area contributed by atoms with E-state index in [1.807, 2.05) is 13.8 Å². The molecule has 0 saturated carbocycles. The van der Waals surface area contributed by atoms with Gasteiger partial charge in [0.15, 0.2) is 0 Å². The summed E-state index contributed by atoms with van der Waals surface area (Å²) >= 11 is 1.61. The molecule has 86 valence electrons. The lowest BCUT2D eigenvalue weighted by atomic mass is 10.3. The summed E-state index contributed by atoms with van der Waals surface area (Å²) in [6.45, 7) is 5.69. The number of hydrogen-bond acceptors (Lipinski definition) is 5. The van der Waals surface area contributed by atoms with E-state index >= 15 is 0 Å². The minimum Gasteiger partial charge on any atom is -0.378 e. The average Bonchev–Trinajstić information content (AvgIpc) is 2.62. The van der Waals surface area contributed by atoms with E-state index in [4.69, 9.17) is 15.2 Å². The molecule has 1 atom stereocenters. The Hall–Kier alpha value is -0.490. The lowest BCUT2D eigenvalue weighted by molar-refractivity contribution is 0.0758. The molecule has 0 bridgehead atoms. The van der Waals surface area contributed by atoms with Crippen LogP contribution in [0, 0.1) is 0 Å². The highest BCUT2D eigenvalue weighted by molar-refractivity contribution is 7.11. The fourth-order valence-corrected chi connectivity index (χ4v) is 2.26. The van der Waals surface area contributed by atoms with Crippen LogP contribution >= 0.6 is 11.3 Å². The number of ether oxygens (including phenoxy) is 2. The van der Waals surface area contributed by atoms with Gasteiger partial charge in [0.1, 0.15) is 11.1 Å². The largest absolute Gasteiger partial charge is 0.378 e. The number of nitrogens with zero attached hydrogens (tertiary/aromatic N) is 1. The normalized spacial score (nSPS) is 13.1. The molecule has 1 heterocycles. The van der Waals surface area contributed by atoms with Gasteiger partial charge in [0, 0.05) is 25.1 Å². The van der Waals surface area contributed by atoms with Crippen molar-refractivity contribution in [3.8, 4) is 0 Å². The van der Waals surface area contributed by atoms with Crippen LogP contribution in [0.2, 0.25) is 0 Å². The van der Waals surface area contributed by atoms with Gasteiger partial charge in [-0.2, -0.15) is 0 Å². The van der Waals surface area contributed by atoms with E-state index < -0.39 is 0 Å². The number of aromatic nitrogens is 1. The Balaban J connectivity index is 2.81. The first-order chi connectivity index (χ1) is 7.22. The van der Waals surface area contributed by atoms with Gasteiger partial charge in [-0.1, -0.05) is 0 Å². The molecule has 5 heteroatoms. The molecule has 0 aromatic carbocycles. The Kier molecular flexibility index (Phi) is 5.17. The van der Waals surface area contributed by atoms with Gasteiger partial charge in [0.2, 0.25) is 0 Å². The van der Waals surface area contributed by atoms with Gasteiger partial charge in [-0.15, -0.1) is 11.3 Å². The third-order valence-corrected chi connectivity index (χ3v) is 3.31. The molecule has 0 amide bonds. The first kappa shape index (κ1) is 12.6. The van der Waals surface area contributed by atoms with E-state index in [9.17, 15) is 0 Å². The van der Waals surface area contributed by atoms with Crippen LogP contribution in [0.25, 0.3) is 0 Å². The van der Waals surface area contributed by atoms with Crippen molar-refractivity contribution >= 4 is 11.3 Å². The maximum atomic E-state index is 5.64. The second-order valence-corrected chi connectivity index (χ2v) is 4.27. The van der Waals surface area contributed by atoms with Crippen molar-refractivity contribution < 1.29 is 9.47 Å². The molecule has 15 heavy (non-hydrogen) atoms. The zero-order valence-electron chi connectivity index (χ0n) is 9.45. The molecular formula is C10H18N2O2S. The molecule has 1 aromatic heterocycles. The molecular weight excluding hydrogens is 212 g/mol. The number of hydrogen-bond donors (Lipinski definition) is 1. The molecule has 4 nitrogen and oxygen atoms in total. The molecule has 0 aliphatic rings. The number of rotatable bonds is 6. The summed E-state index contributed by atoms with van der Waals surface area (Å²) in [7, 11) is 1.66. The maximum absolute atomic E-state index is 5.64. The number of nitrogens with two attached hydrogens (primary N) is 1. The third kappa shape index (κ3) is 3.24. The van der Waals surface area contributed by atoms with Crippen molar-refractivity contribution in [3.63, 3.8) is 0 Å². The Morgan fingerprint density at radius 1 is 1.53 bits per heavy atom. The zero-order chi connectivity index (χ0) is 11.3. The van der Waals surface area contributed by atoms with Crippen LogP contribution in [0.1, 0.15) is 35.5 Å². The topological polar surface area (TPSA) is 57.4 Å². The van der Waals surface area contributed by atoms with Gasteiger partial charge in [0.25, 0.3) is 0 Å². The highest BCUT2D eigenvalue weighted by Gasteiger charge is 2.14. The third-order valence-electron chi connectivity index (χ3n) is 2.03. The van der Waals surface area contributed by atoms with Crippen molar-refractivity contribution in [3.05, 3.63) is 15.6 Å². The molecule has 1 aromatic rings. The molecule has 0 radical (unpaired) electrons. The first-order valence-corrected chi connectivity index (χ1v) is 5.83. The van der Waals surface area contributed by atoms with Crippen molar-refractivity contribution in [2.45, 2.75) is 33.1 Å². The van der Waals surface area contributed by atoms with Crippen LogP contribution in [0.5, 0.6) is 0 Å². The van der Waals surface area contributed by atoms with E-state index in [-0.39, 0.29) is 6.10 Å². The van der Waals surface area contributed by atoms with Crippen molar-refractivity contribution in [2.24, 2.45) is 5.73 Å². The van der Waals surface area contributed by atoms with Crippen molar-refractivity contribution in [1.29, 1.82) is 0 Å². The van der Waals surface area contributed by atoms with E-state index in [0.29, 0.717) is 19.8 Å². The first-order valence-electron chi connectivity index (χ1n) is 5.02. The van der Waals surface area contributed by atoms with Crippen LogP contribution < -0.4 is 5.73 Å². The monoisotopic (exact) mass is 230 g/mol. The second kappa shape index (κ2) is 6.17. The zero-order valence-corrected chi connectivity index (χ0v) is 10.3. The van der Waals surface area contributed by atoms with E-state index in [1.54, 1.807) is 18.4 Å². The fraction of sp³-hybridized carbons (Fsp3) is 0.700. The molecule has 0 fully saturated rings. The summed E-state index contributed by atoms with van der Waals surface area (Å²) in [4.78, 5) is 5.56. The van der Waals surface area contributed by atoms with Gasteiger partial charge in [0.05, 0.1) is 12.3 Å². The molecule has 0 spiro atoms. The highest BCUT2D eigenvalue weighted by atomic mass is 32.1. The van der Waals surface area contributed by atoms with E-state index in [0.717, 1.165) is 15.6 Å². The second-order valence-electron chi connectivity index (χ2n) is 3.16. The van der Waals surface area contributed by atoms with Gasteiger partial charge in [-0.25, -0.2) is 4.98 Å². The minimum atomic E-state index is 0.0379. The Labute approximate surface area is 94.4 Å². The molecule has 0 saturated heterocycles. The van der Waals surface area contributed by atoms with Crippen LogP contribution in [0.15, 0.2) is 0 Å². The van der Waals surface area contributed by atoms with E-state index in [1.165, 1.54) is 0 Å². The van der Waals surface area contributed by atoms with Crippen molar-refractivity contribution in [2.75, 3.05) is 13.7 Å². The lowest BCUT2D eigenvalue weighted by Crippen LogP contribution is -2.00. The van der Waals surface area contributed by atoms with Gasteiger partial charge >= 0.3 is 0 Å². The summed E-state index contributed by atoms with van der Waals surface area (Å²) in [5.41, 5.74) is 6.58. The van der Waals surface area contributed by atoms with Crippen LogP contribution in [0.4, 0.5) is 0 Å². The number of thiazole rings is 1. The number of methoxy groups -OCH3 is 1. The van der Waals surface area contributed by atoms with Crippen LogP contribution in [0.3, 0.4) is 0 Å². The summed E-state index contributed by atoms with van der Waals surface area (Å²) in [6, 6.07) is 0. The molecule has 1 unspecified atom stereocenters. The van der Waals surface area contributed by atoms with E-state index in [2.05, 4.69) is 4.98 Å². The minimum absolute atomic E-state index is 0.0379. The Morgan fingerprint density at radius 2 is 2.27 bits per heavy atom. The summed E-state index contributed by atoms with van der Waals surface area (Å²) in [5, 5.41) is 0.976. The van der Waals surface area contributed by atoms with Crippen molar-refractivity contribution in [1.82, 2.24) is 4.98 Å². The van der Waals surface area contributed by atoms with Gasteiger partial charge in [-0.05, 0) is 13.8 Å². The predicted molar refractivity (Wildman–Crippen MR) is 60.8 cm³/mol. The smallest absolute Gasteiger partial charge is 0.122 e. The molecule has 1 rings (SSSR count). The molecule has 2 N–H and O–H groups in total. The highest BCUT2D eigenvalue weighted by Crippen LogP contribution is 2.26. The van der Waals surface area contributed by atoms with Gasteiger partial charge < -0.3 is 15.2 Å². The summed E-state index contributed by atoms with van der Waals surface area (Å²) < 4.78 is 10.6. The summed E-state index contributed by atoms with van der Waals surface area (Å²) in [6.07, 6.45) is 0.0379. The fourth-order valence-electron chi connectivity index (χ4n) is 1.31. The molecule has 0 aliphatic heterocycles. The summed E-state index contributed by atoms with van der Waals surface area (Å²) in [5.74, 6) is 0. The Morgan fingerprint density at radius 3 is 2.80 bits per heavy atom. The Bertz CT molecular complexity index is 302. The van der Waals surface area contributed by atoms with Crippen LogP contribution in [-0.4, -0.2) is 18.7 Å². The van der Waals surface area contributed by atoms with Gasteiger partial charge in [-0.3, -0.25) is 0 Å². The maximum Gasteiger partial charge on any atom is 0.122 e. The lowest BCUT2D eigenvalue weighted by Gasteiger charge is -2.06. The quantitative estimate of drug-likeness (QED) is 0.810. The standard InChI is InChI=1S/C10H18N2O2S/c1-4-14-7(2)10-12-8(6-13-3)9(5-11)15-10/h7H,4-6,11H2,1-3H3. The molecule has 0 aliphatic carbocycles. The SMILES string of the molecule is CCOC(C)c1nc(COC)c(CN)s1. The van der Waals surface area contributed by atoms with Crippen LogP contribution in [-0.2, 0) is 22.6 Å².